The number of nitrogens with zero attached hydrogens (tertiary/aromatic N) is 2. The van der Waals surface area contributed by atoms with Crippen LogP contribution in [0.2, 0.25) is 0 Å². The van der Waals surface area contributed by atoms with Crippen molar-refractivity contribution in [2.75, 3.05) is 32.7 Å². The van der Waals surface area contributed by atoms with Crippen molar-refractivity contribution < 1.29 is 9.18 Å². The molecule has 1 fully saturated rings. The minimum Gasteiger partial charge on any atom is -0.340 e. The summed E-state index contributed by atoms with van der Waals surface area (Å²) in [4.78, 5) is 16.4. The molecule has 0 spiro atoms. The first kappa shape index (κ1) is 15.9. The molecule has 0 aromatic heterocycles. The molecule has 0 saturated carbocycles. The van der Waals surface area contributed by atoms with Gasteiger partial charge in [-0.1, -0.05) is 25.1 Å². The Kier molecular flexibility index (Phi) is 5.70. The standard InChI is InChI=1S/C16H24FN3O/c1-2-14(12-18)19-7-9-20(10-8-19)16(21)11-13-5-3-4-6-15(13)17/h3-6,14H,2,7-12,18H2,1H3. The third kappa shape index (κ3) is 4.02. The average molecular weight is 293 g/mol. The van der Waals surface area contributed by atoms with Crippen LogP contribution in [0.1, 0.15) is 18.9 Å². The zero-order valence-electron chi connectivity index (χ0n) is 12.6. The molecule has 5 heteroatoms. The van der Waals surface area contributed by atoms with E-state index in [2.05, 4.69) is 11.8 Å². The van der Waals surface area contributed by atoms with Gasteiger partial charge < -0.3 is 10.6 Å². The van der Waals surface area contributed by atoms with Crippen LogP contribution in [0.4, 0.5) is 4.39 Å². The minimum absolute atomic E-state index is 0.000506. The number of halogens is 1. The van der Waals surface area contributed by atoms with Gasteiger partial charge in [-0.2, -0.15) is 0 Å². The minimum atomic E-state index is -0.307. The van der Waals surface area contributed by atoms with E-state index >= 15 is 0 Å². The van der Waals surface area contributed by atoms with Gasteiger partial charge in [-0.25, -0.2) is 4.39 Å². The van der Waals surface area contributed by atoms with Crippen LogP contribution in [0, 0.1) is 5.82 Å². The van der Waals surface area contributed by atoms with E-state index in [1.54, 1.807) is 18.2 Å². The normalized spacial score (nSPS) is 17.8. The Labute approximate surface area is 125 Å². The lowest BCUT2D eigenvalue weighted by Crippen LogP contribution is -2.53. The molecule has 21 heavy (non-hydrogen) atoms. The highest BCUT2D eigenvalue weighted by Crippen LogP contribution is 2.12. The molecule has 1 heterocycles. The third-order valence-corrected chi connectivity index (χ3v) is 4.23. The van der Waals surface area contributed by atoms with E-state index in [0.717, 1.165) is 19.5 Å². The summed E-state index contributed by atoms with van der Waals surface area (Å²) in [6.45, 7) is 5.87. The Balaban J connectivity index is 1.87. The SMILES string of the molecule is CCC(CN)N1CCN(C(=O)Cc2ccccc2F)CC1. The van der Waals surface area contributed by atoms with E-state index in [0.29, 0.717) is 31.2 Å². The molecule has 116 valence electrons. The van der Waals surface area contributed by atoms with Gasteiger partial charge in [-0.05, 0) is 18.1 Å². The van der Waals surface area contributed by atoms with Crippen molar-refractivity contribution in [1.29, 1.82) is 0 Å². The molecule has 2 rings (SSSR count). The van der Waals surface area contributed by atoms with E-state index < -0.39 is 0 Å². The summed E-state index contributed by atoms with van der Waals surface area (Å²) in [5, 5.41) is 0. The molecule has 0 bridgehead atoms. The Morgan fingerprint density at radius 1 is 1.29 bits per heavy atom. The molecular formula is C16H24FN3O. The molecule has 1 amide bonds. The summed E-state index contributed by atoms with van der Waals surface area (Å²) < 4.78 is 13.6. The van der Waals surface area contributed by atoms with Crippen molar-refractivity contribution in [2.45, 2.75) is 25.8 Å². The van der Waals surface area contributed by atoms with E-state index in [-0.39, 0.29) is 18.1 Å². The van der Waals surface area contributed by atoms with Gasteiger partial charge >= 0.3 is 0 Å². The second kappa shape index (κ2) is 7.52. The first-order chi connectivity index (χ1) is 10.2. The van der Waals surface area contributed by atoms with Crippen molar-refractivity contribution in [3.05, 3.63) is 35.6 Å². The molecular weight excluding hydrogens is 269 g/mol. The maximum atomic E-state index is 13.6. The summed E-state index contributed by atoms with van der Waals surface area (Å²) in [5.74, 6) is -0.306. The van der Waals surface area contributed by atoms with Crippen LogP contribution < -0.4 is 5.73 Å². The maximum Gasteiger partial charge on any atom is 0.227 e. The van der Waals surface area contributed by atoms with Crippen molar-refractivity contribution >= 4 is 5.91 Å². The zero-order chi connectivity index (χ0) is 15.2. The summed E-state index contributed by atoms with van der Waals surface area (Å²) in [5.41, 5.74) is 6.23. The fourth-order valence-electron chi connectivity index (χ4n) is 2.83. The van der Waals surface area contributed by atoms with Gasteiger partial charge in [0.05, 0.1) is 6.42 Å². The molecule has 1 atom stereocenters. The first-order valence-corrected chi connectivity index (χ1v) is 7.61. The number of hydrogen-bond acceptors (Lipinski definition) is 3. The van der Waals surface area contributed by atoms with Gasteiger partial charge in [0, 0.05) is 38.8 Å². The van der Waals surface area contributed by atoms with Gasteiger partial charge in [0.15, 0.2) is 0 Å². The van der Waals surface area contributed by atoms with E-state index in [1.807, 2.05) is 4.90 Å². The van der Waals surface area contributed by atoms with Gasteiger partial charge in [0.1, 0.15) is 5.82 Å². The second-order valence-corrected chi connectivity index (χ2v) is 5.48. The van der Waals surface area contributed by atoms with Gasteiger partial charge in [0.2, 0.25) is 5.91 Å². The number of piperazine rings is 1. The lowest BCUT2D eigenvalue weighted by atomic mass is 10.1. The fraction of sp³-hybridized carbons (Fsp3) is 0.562. The molecule has 1 aromatic carbocycles. The van der Waals surface area contributed by atoms with Crippen molar-refractivity contribution in [3.8, 4) is 0 Å². The summed E-state index contributed by atoms with van der Waals surface area (Å²) >= 11 is 0. The highest BCUT2D eigenvalue weighted by molar-refractivity contribution is 5.79. The largest absolute Gasteiger partial charge is 0.340 e. The van der Waals surface area contributed by atoms with Crippen LogP contribution in [-0.4, -0.2) is 54.5 Å². The molecule has 1 aliphatic rings. The van der Waals surface area contributed by atoms with Crippen LogP contribution >= 0.6 is 0 Å². The van der Waals surface area contributed by atoms with Gasteiger partial charge in [-0.15, -0.1) is 0 Å². The highest BCUT2D eigenvalue weighted by Gasteiger charge is 2.24. The second-order valence-electron chi connectivity index (χ2n) is 5.48. The van der Waals surface area contributed by atoms with E-state index in [1.165, 1.54) is 6.07 Å². The zero-order valence-corrected chi connectivity index (χ0v) is 12.6. The number of nitrogens with two attached hydrogens (primary N) is 1. The predicted molar refractivity (Wildman–Crippen MR) is 81.4 cm³/mol. The average Bonchev–Trinajstić information content (AvgIpc) is 2.51. The lowest BCUT2D eigenvalue weighted by Gasteiger charge is -2.38. The number of benzene rings is 1. The van der Waals surface area contributed by atoms with E-state index in [9.17, 15) is 9.18 Å². The van der Waals surface area contributed by atoms with Crippen molar-refractivity contribution in [2.24, 2.45) is 5.73 Å². The van der Waals surface area contributed by atoms with Gasteiger partial charge in [0.25, 0.3) is 0 Å². The maximum absolute atomic E-state index is 13.6. The Hall–Kier alpha value is -1.46. The fourth-order valence-corrected chi connectivity index (χ4v) is 2.83. The molecule has 1 aromatic rings. The molecule has 2 N–H and O–H groups in total. The summed E-state index contributed by atoms with van der Waals surface area (Å²) in [7, 11) is 0. The molecule has 1 saturated heterocycles. The number of carbonyl (C=O) groups excluding carboxylic acids is 1. The van der Waals surface area contributed by atoms with Crippen LogP contribution in [0.3, 0.4) is 0 Å². The molecule has 0 aliphatic carbocycles. The number of carbonyl (C=O) groups is 1. The topological polar surface area (TPSA) is 49.6 Å². The summed E-state index contributed by atoms with van der Waals surface area (Å²) in [6, 6.07) is 6.86. The Morgan fingerprint density at radius 2 is 1.95 bits per heavy atom. The monoisotopic (exact) mass is 293 g/mol. The third-order valence-electron chi connectivity index (χ3n) is 4.23. The van der Waals surface area contributed by atoms with E-state index in [4.69, 9.17) is 5.73 Å². The van der Waals surface area contributed by atoms with Crippen LogP contribution in [0.5, 0.6) is 0 Å². The van der Waals surface area contributed by atoms with Crippen molar-refractivity contribution in [1.82, 2.24) is 9.80 Å². The predicted octanol–water partition coefficient (Wildman–Crippen LogP) is 1.25. The smallest absolute Gasteiger partial charge is 0.227 e. The Morgan fingerprint density at radius 3 is 2.52 bits per heavy atom. The van der Waals surface area contributed by atoms with Crippen LogP contribution in [0.15, 0.2) is 24.3 Å². The van der Waals surface area contributed by atoms with Crippen LogP contribution in [-0.2, 0) is 11.2 Å². The Bertz CT molecular complexity index is 468. The summed E-state index contributed by atoms with van der Waals surface area (Å²) in [6.07, 6.45) is 1.17. The number of rotatable bonds is 5. The molecule has 0 radical (unpaired) electrons. The highest BCUT2D eigenvalue weighted by atomic mass is 19.1. The van der Waals surface area contributed by atoms with Crippen LogP contribution in [0.25, 0.3) is 0 Å². The lowest BCUT2D eigenvalue weighted by molar-refractivity contribution is -0.132. The molecule has 1 unspecified atom stereocenters. The first-order valence-electron chi connectivity index (χ1n) is 7.61. The number of amides is 1. The molecule has 1 aliphatic heterocycles. The quantitative estimate of drug-likeness (QED) is 0.889. The number of hydrogen-bond donors (Lipinski definition) is 1. The molecule has 4 nitrogen and oxygen atoms in total. The van der Waals surface area contributed by atoms with Gasteiger partial charge in [-0.3, -0.25) is 9.69 Å². The van der Waals surface area contributed by atoms with Crippen molar-refractivity contribution in [3.63, 3.8) is 0 Å².